The topological polar surface area (TPSA) is 58.0 Å². The highest BCUT2D eigenvalue weighted by Gasteiger charge is 2.15. The van der Waals surface area contributed by atoms with Crippen LogP contribution >= 0.6 is 22.9 Å². The van der Waals surface area contributed by atoms with E-state index in [1.807, 2.05) is 6.92 Å². The Morgan fingerprint density at radius 3 is 2.95 bits per heavy atom. The molecule has 0 radical (unpaired) electrons. The summed E-state index contributed by atoms with van der Waals surface area (Å²) in [5.41, 5.74) is 0. The third kappa shape index (κ3) is 5.01. The van der Waals surface area contributed by atoms with Crippen LogP contribution in [0.3, 0.4) is 0 Å². The minimum Gasteiger partial charge on any atom is -0.392 e. The zero-order valence-electron chi connectivity index (χ0n) is 11.6. The standard InChI is InChI=1S/C13H20ClN3O2S/c1-10-15-7-12(20-10)13(14)16-19-9-11(18)8-17-5-3-2-4-6-17/h7,11,18H,2-6,8-9H2,1H3/b16-13-. The molecular weight excluding hydrogens is 298 g/mol. The summed E-state index contributed by atoms with van der Waals surface area (Å²) < 4.78 is 0. The summed E-state index contributed by atoms with van der Waals surface area (Å²) in [7, 11) is 0. The Hall–Kier alpha value is -0.690. The van der Waals surface area contributed by atoms with Crippen molar-refractivity contribution in [3.05, 3.63) is 16.1 Å². The first-order valence-electron chi connectivity index (χ1n) is 6.84. The van der Waals surface area contributed by atoms with Crippen LogP contribution in [0.2, 0.25) is 0 Å². The number of piperidine rings is 1. The molecule has 0 aromatic carbocycles. The molecule has 7 heteroatoms. The normalized spacial score (nSPS) is 19.1. The minimum atomic E-state index is -0.537. The highest BCUT2D eigenvalue weighted by atomic mass is 35.5. The number of hydrogen-bond acceptors (Lipinski definition) is 6. The van der Waals surface area contributed by atoms with Gasteiger partial charge in [0.15, 0.2) is 5.17 Å². The first kappa shape index (κ1) is 15.7. The fourth-order valence-corrected chi connectivity index (χ4v) is 3.04. The SMILES string of the molecule is Cc1ncc(/C(Cl)=N/OCC(O)CN2CCCCC2)s1. The summed E-state index contributed by atoms with van der Waals surface area (Å²) in [4.78, 5) is 12.3. The molecule has 1 aliphatic rings. The molecule has 1 fully saturated rings. The fraction of sp³-hybridized carbons (Fsp3) is 0.692. The number of β-amino-alcohol motifs (C(OH)–C–C–N with tert-alkyl or cyclic N) is 1. The number of aryl methyl sites for hydroxylation is 1. The van der Waals surface area contributed by atoms with Crippen LogP contribution in [0.1, 0.15) is 29.1 Å². The number of halogens is 1. The number of thiazole rings is 1. The molecule has 2 rings (SSSR count). The van der Waals surface area contributed by atoms with Crippen LogP contribution in [0.4, 0.5) is 0 Å². The van der Waals surface area contributed by atoms with Gasteiger partial charge in [-0.1, -0.05) is 23.2 Å². The number of aromatic nitrogens is 1. The summed E-state index contributed by atoms with van der Waals surface area (Å²) in [6.45, 7) is 4.81. The van der Waals surface area contributed by atoms with Crippen LogP contribution in [0.25, 0.3) is 0 Å². The van der Waals surface area contributed by atoms with Gasteiger partial charge >= 0.3 is 0 Å². The summed E-state index contributed by atoms with van der Waals surface area (Å²) in [6.07, 6.45) is 4.84. The number of aliphatic hydroxyl groups excluding tert-OH is 1. The molecule has 1 aromatic rings. The maximum atomic E-state index is 9.90. The van der Waals surface area contributed by atoms with Crippen LogP contribution < -0.4 is 0 Å². The third-order valence-electron chi connectivity index (χ3n) is 3.15. The van der Waals surface area contributed by atoms with Crippen molar-refractivity contribution in [2.24, 2.45) is 5.16 Å². The summed E-state index contributed by atoms with van der Waals surface area (Å²) >= 11 is 7.46. The summed E-state index contributed by atoms with van der Waals surface area (Å²) in [5.74, 6) is 0. The molecule has 112 valence electrons. The van der Waals surface area contributed by atoms with Crippen molar-refractivity contribution < 1.29 is 9.94 Å². The van der Waals surface area contributed by atoms with Gasteiger partial charge in [-0.3, -0.25) is 0 Å². The lowest BCUT2D eigenvalue weighted by Gasteiger charge is -2.27. The lowest BCUT2D eigenvalue weighted by atomic mass is 10.1. The zero-order chi connectivity index (χ0) is 14.4. The molecule has 1 aromatic heterocycles. The minimum absolute atomic E-state index is 0.157. The molecule has 0 saturated carbocycles. The second-order valence-corrected chi connectivity index (χ2v) is 6.53. The second kappa shape index (κ2) is 7.93. The lowest BCUT2D eigenvalue weighted by Crippen LogP contribution is -2.38. The second-order valence-electron chi connectivity index (χ2n) is 4.94. The molecule has 20 heavy (non-hydrogen) atoms. The van der Waals surface area contributed by atoms with E-state index < -0.39 is 6.10 Å². The fourth-order valence-electron chi connectivity index (χ4n) is 2.17. The van der Waals surface area contributed by atoms with Gasteiger partial charge in [0.25, 0.3) is 0 Å². The predicted octanol–water partition coefficient (Wildman–Crippen LogP) is 2.22. The van der Waals surface area contributed by atoms with Gasteiger partial charge in [0.05, 0.1) is 9.88 Å². The molecule has 0 bridgehead atoms. The van der Waals surface area contributed by atoms with Crippen molar-refractivity contribution in [1.82, 2.24) is 9.88 Å². The van der Waals surface area contributed by atoms with Gasteiger partial charge in [0.2, 0.25) is 0 Å². The van der Waals surface area contributed by atoms with Crippen molar-refractivity contribution in [3.8, 4) is 0 Å². The Bertz CT molecular complexity index is 447. The van der Waals surface area contributed by atoms with E-state index in [9.17, 15) is 5.11 Å². The Morgan fingerprint density at radius 2 is 2.30 bits per heavy atom. The molecule has 0 amide bonds. The van der Waals surface area contributed by atoms with Crippen LogP contribution in [0, 0.1) is 6.92 Å². The average molecular weight is 318 g/mol. The first-order chi connectivity index (χ1) is 9.65. The molecular formula is C13H20ClN3O2S. The van der Waals surface area contributed by atoms with Crippen LogP contribution in [0.15, 0.2) is 11.4 Å². The van der Waals surface area contributed by atoms with Crippen molar-refractivity contribution >= 4 is 28.1 Å². The number of aliphatic hydroxyl groups is 1. The maximum Gasteiger partial charge on any atom is 0.187 e. The van der Waals surface area contributed by atoms with Gasteiger partial charge < -0.3 is 14.8 Å². The number of nitrogens with zero attached hydrogens (tertiary/aromatic N) is 3. The largest absolute Gasteiger partial charge is 0.392 e. The summed E-state index contributed by atoms with van der Waals surface area (Å²) in [6, 6.07) is 0. The van der Waals surface area contributed by atoms with Crippen LogP contribution in [-0.2, 0) is 4.84 Å². The molecule has 1 unspecified atom stereocenters. The smallest absolute Gasteiger partial charge is 0.187 e. The third-order valence-corrected chi connectivity index (χ3v) is 4.46. The molecule has 0 spiro atoms. The van der Waals surface area contributed by atoms with E-state index in [0.29, 0.717) is 6.54 Å². The molecule has 0 aliphatic carbocycles. The van der Waals surface area contributed by atoms with Gasteiger partial charge in [-0.25, -0.2) is 4.98 Å². The van der Waals surface area contributed by atoms with Crippen molar-refractivity contribution in [1.29, 1.82) is 0 Å². The molecule has 1 aliphatic heterocycles. The zero-order valence-corrected chi connectivity index (χ0v) is 13.2. The monoisotopic (exact) mass is 317 g/mol. The van der Waals surface area contributed by atoms with E-state index in [4.69, 9.17) is 16.4 Å². The van der Waals surface area contributed by atoms with E-state index in [1.54, 1.807) is 6.20 Å². The number of oxime groups is 1. The van der Waals surface area contributed by atoms with E-state index in [0.717, 1.165) is 23.0 Å². The highest BCUT2D eigenvalue weighted by molar-refractivity contribution is 7.15. The molecule has 1 saturated heterocycles. The van der Waals surface area contributed by atoms with Crippen molar-refractivity contribution in [2.75, 3.05) is 26.2 Å². The van der Waals surface area contributed by atoms with Gasteiger partial charge in [-0.05, 0) is 32.9 Å². The quantitative estimate of drug-likeness (QED) is 0.645. The molecule has 2 heterocycles. The maximum absolute atomic E-state index is 9.90. The molecule has 5 nitrogen and oxygen atoms in total. The van der Waals surface area contributed by atoms with Gasteiger partial charge in [-0.15, -0.1) is 11.3 Å². The van der Waals surface area contributed by atoms with Gasteiger partial charge in [0, 0.05) is 12.7 Å². The number of likely N-dealkylation sites (tertiary alicyclic amines) is 1. The van der Waals surface area contributed by atoms with E-state index >= 15 is 0 Å². The Morgan fingerprint density at radius 1 is 1.55 bits per heavy atom. The predicted molar refractivity (Wildman–Crippen MR) is 81.5 cm³/mol. The number of hydrogen-bond donors (Lipinski definition) is 1. The summed E-state index contributed by atoms with van der Waals surface area (Å²) in [5, 5.41) is 14.9. The highest BCUT2D eigenvalue weighted by Crippen LogP contribution is 2.15. The van der Waals surface area contributed by atoms with Crippen molar-refractivity contribution in [2.45, 2.75) is 32.3 Å². The first-order valence-corrected chi connectivity index (χ1v) is 8.03. The van der Waals surface area contributed by atoms with E-state index in [2.05, 4.69) is 15.0 Å². The van der Waals surface area contributed by atoms with E-state index in [1.165, 1.54) is 30.6 Å². The van der Waals surface area contributed by atoms with Gasteiger partial charge in [0.1, 0.15) is 12.7 Å². The Balaban J connectivity index is 1.71. The van der Waals surface area contributed by atoms with E-state index in [-0.39, 0.29) is 11.8 Å². The lowest BCUT2D eigenvalue weighted by molar-refractivity contribution is 0.0161. The number of rotatable bonds is 6. The van der Waals surface area contributed by atoms with Crippen LogP contribution in [0.5, 0.6) is 0 Å². The molecule has 1 N–H and O–H groups in total. The Labute approximate surface area is 128 Å². The van der Waals surface area contributed by atoms with Crippen LogP contribution in [-0.4, -0.2) is 52.5 Å². The van der Waals surface area contributed by atoms with Gasteiger partial charge in [-0.2, -0.15) is 0 Å². The average Bonchev–Trinajstić information content (AvgIpc) is 2.86. The van der Waals surface area contributed by atoms with Crippen molar-refractivity contribution in [3.63, 3.8) is 0 Å². The Kier molecular flexibility index (Phi) is 6.22. The molecule has 1 atom stereocenters.